The predicted octanol–water partition coefficient (Wildman–Crippen LogP) is 2.09. The molecule has 1 unspecified atom stereocenters. The van der Waals surface area contributed by atoms with Crippen molar-refractivity contribution in [1.82, 2.24) is 10.6 Å². The quantitative estimate of drug-likeness (QED) is 0.768. The van der Waals surface area contributed by atoms with Crippen molar-refractivity contribution >= 4 is 10.8 Å². The molecule has 0 bridgehead atoms. The van der Waals surface area contributed by atoms with E-state index in [9.17, 15) is 0 Å². The second-order valence-corrected chi connectivity index (χ2v) is 4.19. The third-order valence-corrected chi connectivity index (χ3v) is 3.16. The van der Waals surface area contributed by atoms with Gasteiger partial charge >= 0.3 is 0 Å². The van der Waals surface area contributed by atoms with Crippen molar-refractivity contribution in [3.63, 3.8) is 0 Å². The first-order chi connectivity index (χ1) is 7.95. The highest BCUT2D eigenvalue weighted by Crippen LogP contribution is 2.25. The Morgan fingerprint density at radius 1 is 1.06 bits per heavy atom. The summed E-state index contributed by atoms with van der Waals surface area (Å²) in [6, 6.07) is 15.3. The van der Waals surface area contributed by atoms with Crippen molar-refractivity contribution in [1.29, 1.82) is 0 Å². The van der Waals surface area contributed by atoms with Gasteiger partial charge in [-0.2, -0.15) is 0 Å². The van der Waals surface area contributed by atoms with Crippen LogP contribution in [0.1, 0.15) is 11.6 Å². The van der Waals surface area contributed by atoms with Crippen molar-refractivity contribution in [3.05, 3.63) is 48.0 Å². The Hall–Kier alpha value is -1.38. The van der Waals surface area contributed by atoms with Gasteiger partial charge in [0.15, 0.2) is 0 Å². The van der Waals surface area contributed by atoms with E-state index in [-0.39, 0.29) is 0 Å². The third kappa shape index (κ3) is 1.70. The Kier molecular flexibility index (Phi) is 2.60. The minimum absolute atomic E-state index is 0.319. The fourth-order valence-corrected chi connectivity index (χ4v) is 2.35. The Morgan fingerprint density at radius 3 is 2.81 bits per heavy atom. The van der Waals surface area contributed by atoms with Gasteiger partial charge in [-0.15, -0.1) is 0 Å². The summed E-state index contributed by atoms with van der Waals surface area (Å²) in [5, 5.41) is 10.7. The average Bonchev–Trinajstić information content (AvgIpc) is 2.39. The van der Waals surface area contributed by atoms with Gasteiger partial charge < -0.3 is 5.32 Å². The molecule has 0 saturated carbocycles. The van der Waals surface area contributed by atoms with Gasteiger partial charge in [-0.3, -0.25) is 0 Å². The normalized spacial score (nSPS) is 21.1. The number of nitrogens with one attached hydrogen (secondary N) is 1. The van der Waals surface area contributed by atoms with Crippen LogP contribution in [0.4, 0.5) is 0 Å². The van der Waals surface area contributed by atoms with Crippen LogP contribution in [0.3, 0.4) is 0 Å². The van der Waals surface area contributed by atoms with Crippen molar-refractivity contribution < 1.29 is 0 Å². The van der Waals surface area contributed by atoms with Gasteiger partial charge in [0.1, 0.15) is 0 Å². The van der Waals surface area contributed by atoms with Gasteiger partial charge in [0.25, 0.3) is 0 Å². The highest BCUT2D eigenvalue weighted by Gasteiger charge is 2.17. The Balaban J connectivity index is 2.08. The van der Waals surface area contributed by atoms with Crippen molar-refractivity contribution in [2.24, 2.45) is 0 Å². The number of hydrogen-bond acceptors (Lipinski definition) is 1. The van der Waals surface area contributed by atoms with E-state index in [1.807, 2.05) is 0 Å². The number of rotatable bonds is 1. The molecule has 0 spiro atoms. The Bertz CT molecular complexity index is 482. The number of hydrogen-bond donors (Lipinski definition) is 1. The van der Waals surface area contributed by atoms with Crippen LogP contribution in [0.25, 0.3) is 10.8 Å². The molecule has 2 heteroatoms. The molecule has 1 fully saturated rings. The van der Waals surface area contributed by atoms with Crippen LogP contribution < -0.4 is 10.6 Å². The van der Waals surface area contributed by atoms with E-state index in [0.717, 1.165) is 19.6 Å². The molecule has 2 nitrogen and oxygen atoms in total. The third-order valence-electron chi connectivity index (χ3n) is 3.16. The largest absolute Gasteiger partial charge is 0.313 e. The lowest BCUT2D eigenvalue weighted by Crippen LogP contribution is -2.38. The number of benzene rings is 2. The Morgan fingerprint density at radius 2 is 1.94 bits per heavy atom. The second kappa shape index (κ2) is 4.24. The van der Waals surface area contributed by atoms with Crippen molar-refractivity contribution in [3.8, 4) is 0 Å². The number of fused-ring (bicyclic) bond motifs is 1. The SMILES string of the molecule is c1ccc2c(C3CNCC[N]3)cccc2c1. The van der Waals surface area contributed by atoms with Gasteiger partial charge in [0.2, 0.25) is 0 Å². The van der Waals surface area contributed by atoms with Gasteiger partial charge in [0.05, 0.1) is 6.04 Å². The lowest BCUT2D eigenvalue weighted by atomic mass is 9.98. The maximum Gasteiger partial charge on any atom is 0.0626 e. The van der Waals surface area contributed by atoms with Crippen LogP contribution in [0.2, 0.25) is 0 Å². The molecule has 1 atom stereocenters. The zero-order chi connectivity index (χ0) is 10.8. The van der Waals surface area contributed by atoms with Crippen LogP contribution in [0, 0.1) is 0 Å². The van der Waals surface area contributed by atoms with Crippen molar-refractivity contribution in [2.45, 2.75) is 6.04 Å². The molecule has 1 saturated heterocycles. The second-order valence-electron chi connectivity index (χ2n) is 4.19. The van der Waals surface area contributed by atoms with E-state index in [4.69, 9.17) is 0 Å². The molecule has 81 valence electrons. The standard InChI is InChI=1S/C14H15N2/c1-2-6-12-11(4-1)5-3-7-13(12)14-10-15-8-9-16-14/h1-7,14-15H,8-10H2. The van der Waals surface area contributed by atoms with Gasteiger partial charge in [0, 0.05) is 19.6 Å². The van der Waals surface area contributed by atoms with E-state index in [1.165, 1.54) is 16.3 Å². The molecule has 16 heavy (non-hydrogen) atoms. The van der Waals surface area contributed by atoms with Crippen LogP contribution in [0.5, 0.6) is 0 Å². The predicted molar refractivity (Wildman–Crippen MR) is 66.6 cm³/mol. The fraction of sp³-hybridized carbons (Fsp3) is 0.286. The molecule has 0 aromatic heterocycles. The monoisotopic (exact) mass is 211 g/mol. The zero-order valence-electron chi connectivity index (χ0n) is 9.19. The fourth-order valence-electron chi connectivity index (χ4n) is 2.35. The molecule has 2 aromatic carbocycles. The number of nitrogens with zero attached hydrogens (tertiary/aromatic N) is 1. The summed E-state index contributed by atoms with van der Waals surface area (Å²) in [4.78, 5) is 0. The summed E-state index contributed by atoms with van der Waals surface area (Å²) in [5.74, 6) is 0. The topological polar surface area (TPSA) is 26.1 Å². The minimum atomic E-state index is 0.319. The molecule has 1 N–H and O–H groups in total. The summed E-state index contributed by atoms with van der Waals surface area (Å²) in [6.07, 6.45) is 0. The first-order valence-corrected chi connectivity index (χ1v) is 5.80. The lowest BCUT2D eigenvalue weighted by Gasteiger charge is -2.24. The highest BCUT2D eigenvalue weighted by molar-refractivity contribution is 5.86. The summed E-state index contributed by atoms with van der Waals surface area (Å²) in [6.45, 7) is 2.91. The maximum absolute atomic E-state index is 4.69. The summed E-state index contributed by atoms with van der Waals surface area (Å²) < 4.78 is 0. The van der Waals surface area contributed by atoms with Crippen LogP contribution >= 0.6 is 0 Å². The summed E-state index contributed by atoms with van der Waals surface area (Å²) in [7, 11) is 0. The van der Waals surface area contributed by atoms with Crippen LogP contribution in [-0.2, 0) is 0 Å². The van der Waals surface area contributed by atoms with Gasteiger partial charge in [-0.05, 0) is 16.3 Å². The summed E-state index contributed by atoms with van der Waals surface area (Å²) in [5.41, 5.74) is 1.35. The lowest BCUT2D eigenvalue weighted by molar-refractivity contribution is 0.423. The molecule has 1 radical (unpaired) electrons. The minimum Gasteiger partial charge on any atom is -0.313 e. The van der Waals surface area contributed by atoms with E-state index >= 15 is 0 Å². The molecule has 1 heterocycles. The van der Waals surface area contributed by atoms with Crippen LogP contribution in [0.15, 0.2) is 42.5 Å². The van der Waals surface area contributed by atoms with E-state index < -0.39 is 0 Å². The highest BCUT2D eigenvalue weighted by atomic mass is 15.1. The smallest absolute Gasteiger partial charge is 0.0626 e. The van der Waals surface area contributed by atoms with E-state index in [1.54, 1.807) is 0 Å². The zero-order valence-corrected chi connectivity index (χ0v) is 9.19. The maximum atomic E-state index is 4.69. The molecule has 1 aliphatic heterocycles. The first-order valence-electron chi connectivity index (χ1n) is 5.80. The van der Waals surface area contributed by atoms with Crippen molar-refractivity contribution in [2.75, 3.05) is 19.6 Å². The molecule has 3 rings (SSSR count). The molecule has 1 aliphatic rings. The van der Waals surface area contributed by atoms with Gasteiger partial charge in [-0.25, -0.2) is 5.32 Å². The molecular weight excluding hydrogens is 196 g/mol. The van der Waals surface area contributed by atoms with E-state index in [2.05, 4.69) is 53.1 Å². The summed E-state index contributed by atoms with van der Waals surface area (Å²) >= 11 is 0. The molecule has 2 aromatic rings. The average molecular weight is 211 g/mol. The van der Waals surface area contributed by atoms with Crippen LogP contribution in [-0.4, -0.2) is 19.6 Å². The molecular formula is C14H15N2. The van der Waals surface area contributed by atoms with Gasteiger partial charge in [-0.1, -0.05) is 42.5 Å². The molecule has 0 aliphatic carbocycles. The molecule has 0 amide bonds. The first kappa shape index (κ1) is 9.82. The van der Waals surface area contributed by atoms with E-state index in [0.29, 0.717) is 6.04 Å². The number of piperazine rings is 1. The Labute approximate surface area is 95.7 Å².